The first-order valence-corrected chi connectivity index (χ1v) is 6.37. The Morgan fingerprint density at radius 2 is 1.94 bits per heavy atom. The normalized spacial score (nSPS) is 20.7. The van der Waals surface area contributed by atoms with Gasteiger partial charge >= 0.3 is 0 Å². The zero-order valence-corrected chi connectivity index (χ0v) is 11.4. The van der Waals surface area contributed by atoms with Crippen molar-refractivity contribution in [2.75, 3.05) is 6.54 Å². The van der Waals surface area contributed by atoms with Crippen LogP contribution in [0.1, 0.15) is 37.9 Å². The van der Waals surface area contributed by atoms with E-state index >= 15 is 0 Å². The van der Waals surface area contributed by atoms with Gasteiger partial charge in [0.05, 0.1) is 10.0 Å². The lowest BCUT2D eigenvalue weighted by Gasteiger charge is -2.37. The highest BCUT2D eigenvalue weighted by atomic mass is 35.5. The first kappa shape index (κ1) is 12.2. The summed E-state index contributed by atoms with van der Waals surface area (Å²) in [6.07, 6.45) is 0.960. The maximum Gasteiger partial charge on any atom is 0.0628 e. The lowest BCUT2D eigenvalue weighted by molar-refractivity contribution is 0.263. The van der Waals surface area contributed by atoms with E-state index in [1.165, 1.54) is 11.1 Å². The smallest absolute Gasteiger partial charge is 0.0628 e. The van der Waals surface area contributed by atoms with Gasteiger partial charge in [-0.25, -0.2) is 0 Å². The number of rotatable bonds is 0. The molecule has 1 unspecified atom stereocenters. The van der Waals surface area contributed by atoms with Crippen LogP contribution < -0.4 is 5.32 Å². The fourth-order valence-electron chi connectivity index (χ4n) is 2.36. The molecule has 0 saturated heterocycles. The number of halogens is 2. The quantitative estimate of drug-likeness (QED) is 0.734. The van der Waals surface area contributed by atoms with Crippen molar-refractivity contribution in [2.45, 2.75) is 33.2 Å². The van der Waals surface area contributed by atoms with Gasteiger partial charge < -0.3 is 5.32 Å². The zero-order valence-electron chi connectivity index (χ0n) is 9.90. The molecule has 16 heavy (non-hydrogen) atoms. The second kappa shape index (κ2) is 4.21. The van der Waals surface area contributed by atoms with Crippen LogP contribution in [0.2, 0.25) is 10.0 Å². The van der Waals surface area contributed by atoms with Gasteiger partial charge in [0, 0.05) is 6.04 Å². The molecule has 1 atom stereocenters. The summed E-state index contributed by atoms with van der Waals surface area (Å²) in [7, 11) is 0. The van der Waals surface area contributed by atoms with Crippen LogP contribution in [-0.2, 0) is 6.42 Å². The monoisotopic (exact) mass is 257 g/mol. The highest BCUT2D eigenvalue weighted by Gasteiger charge is 2.31. The van der Waals surface area contributed by atoms with Crippen LogP contribution in [0.3, 0.4) is 0 Å². The second-order valence-corrected chi connectivity index (χ2v) is 6.22. The largest absolute Gasteiger partial charge is 0.309 e. The molecular formula is C13H17Cl2N. The Labute approximate surface area is 107 Å². The van der Waals surface area contributed by atoms with Gasteiger partial charge in [0.25, 0.3) is 0 Å². The van der Waals surface area contributed by atoms with E-state index in [2.05, 4.69) is 32.2 Å². The predicted molar refractivity (Wildman–Crippen MR) is 70.4 cm³/mol. The molecule has 1 aliphatic rings. The molecule has 0 radical (unpaired) electrons. The van der Waals surface area contributed by atoms with Gasteiger partial charge in [-0.3, -0.25) is 0 Å². The summed E-state index contributed by atoms with van der Waals surface area (Å²) in [6, 6.07) is 4.35. The molecule has 1 heterocycles. The molecule has 0 bridgehead atoms. The van der Waals surface area contributed by atoms with Crippen molar-refractivity contribution in [2.24, 2.45) is 5.41 Å². The average Bonchev–Trinajstić information content (AvgIpc) is 2.21. The SMILES string of the molecule is CC(C)(C)C1NCCc2c1ccc(Cl)c2Cl. The minimum Gasteiger partial charge on any atom is -0.309 e. The topological polar surface area (TPSA) is 12.0 Å². The summed E-state index contributed by atoms with van der Waals surface area (Å²) in [6.45, 7) is 7.68. The van der Waals surface area contributed by atoms with Gasteiger partial charge in [0.2, 0.25) is 0 Å². The van der Waals surface area contributed by atoms with Crippen LogP contribution in [0, 0.1) is 5.41 Å². The Balaban J connectivity index is 2.52. The number of nitrogens with one attached hydrogen (secondary N) is 1. The molecule has 1 aromatic carbocycles. The van der Waals surface area contributed by atoms with E-state index in [9.17, 15) is 0 Å². The Morgan fingerprint density at radius 1 is 1.25 bits per heavy atom. The van der Waals surface area contributed by atoms with E-state index < -0.39 is 0 Å². The van der Waals surface area contributed by atoms with E-state index in [0.717, 1.165) is 18.0 Å². The zero-order chi connectivity index (χ0) is 11.9. The molecule has 0 saturated carbocycles. The molecule has 3 heteroatoms. The number of hydrogen-bond acceptors (Lipinski definition) is 1. The summed E-state index contributed by atoms with van der Waals surface area (Å²) < 4.78 is 0. The van der Waals surface area contributed by atoms with Crippen LogP contribution >= 0.6 is 23.2 Å². The minimum absolute atomic E-state index is 0.187. The number of hydrogen-bond donors (Lipinski definition) is 1. The highest BCUT2D eigenvalue weighted by molar-refractivity contribution is 6.42. The van der Waals surface area contributed by atoms with Gasteiger partial charge in [-0.15, -0.1) is 0 Å². The van der Waals surface area contributed by atoms with Crippen molar-refractivity contribution >= 4 is 23.2 Å². The first-order valence-electron chi connectivity index (χ1n) is 5.61. The first-order chi connectivity index (χ1) is 7.41. The van der Waals surface area contributed by atoms with Gasteiger partial charge in [0.1, 0.15) is 0 Å². The van der Waals surface area contributed by atoms with Crippen molar-refractivity contribution in [3.05, 3.63) is 33.3 Å². The van der Waals surface area contributed by atoms with Gasteiger partial charge in [0.15, 0.2) is 0 Å². The summed E-state index contributed by atoms with van der Waals surface area (Å²) >= 11 is 12.3. The summed E-state index contributed by atoms with van der Waals surface area (Å²) in [4.78, 5) is 0. The molecule has 1 nitrogen and oxygen atoms in total. The maximum absolute atomic E-state index is 6.27. The molecule has 1 aromatic rings. The van der Waals surface area contributed by atoms with E-state index in [-0.39, 0.29) is 5.41 Å². The van der Waals surface area contributed by atoms with Crippen LogP contribution in [0.15, 0.2) is 12.1 Å². The van der Waals surface area contributed by atoms with Crippen molar-refractivity contribution in [3.63, 3.8) is 0 Å². The Hall–Kier alpha value is -0.240. The standard InChI is InChI=1S/C13H17Cl2N/c1-13(2,3)12-9-4-5-10(14)11(15)8(9)6-7-16-12/h4-5,12,16H,6-7H2,1-3H3. The molecule has 0 aromatic heterocycles. The third-order valence-corrected chi connectivity index (χ3v) is 3.98. The third kappa shape index (κ3) is 2.09. The van der Waals surface area contributed by atoms with E-state index in [4.69, 9.17) is 23.2 Å². The molecular weight excluding hydrogens is 241 g/mol. The van der Waals surface area contributed by atoms with Gasteiger partial charge in [-0.1, -0.05) is 50.0 Å². The van der Waals surface area contributed by atoms with E-state index in [1.54, 1.807) is 0 Å². The molecule has 1 aliphatic heterocycles. The van der Waals surface area contributed by atoms with Crippen molar-refractivity contribution in [3.8, 4) is 0 Å². The highest BCUT2D eigenvalue weighted by Crippen LogP contribution is 2.40. The minimum atomic E-state index is 0.187. The molecule has 0 fully saturated rings. The fraction of sp³-hybridized carbons (Fsp3) is 0.538. The summed E-state index contributed by atoms with van der Waals surface area (Å²) in [5.41, 5.74) is 2.70. The van der Waals surface area contributed by atoms with Crippen LogP contribution in [0.4, 0.5) is 0 Å². The second-order valence-electron chi connectivity index (χ2n) is 5.43. The molecule has 88 valence electrons. The maximum atomic E-state index is 6.27. The Morgan fingerprint density at radius 3 is 2.56 bits per heavy atom. The lowest BCUT2D eigenvalue weighted by Crippen LogP contribution is -2.38. The lowest BCUT2D eigenvalue weighted by atomic mass is 9.78. The van der Waals surface area contributed by atoms with Crippen molar-refractivity contribution < 1.29 is 0 Å². The van der Waals surface area contributed by atoms with Crippen LogP contribution in [0.5, 0.6) is 0 Å². The Bertz CT molecular complexity index is 407. The third-order valence-electron chi connectivity index (χ3n) is 3.13. The van der Waals surface area contributed by atoms with Gasteiger partial charge in [-0.05, 0) is 35.6 Å². The van der Waals surface area contributed by atoms with E-state index in [1.807, 2.05) is 6.07 Å². The number of benzene rings is 1. The van der Waals surface area contributed by atoms with Gasteiger partial charge in [-0.2, -0.15) is 0 Å². The Kier molecular flexibility index (Phi) is 3.22. The molecule has 0 spiro atoms. The molecule has 0 aliphatic carbocycles. The van der Waals surface area contributed by atoms with E-state index in [0.29, 0.717) is 11.1 Å². The average molecular weight is 258 g/mol. The molecule has 2 rings (SSSR count). The van der Waals surface area contributed by atoms with Crippen molar-refractivity contribution in [1.82, 2.24) is 5.32 Å². The summed E-state index contributed by atoms with van der Waals surface area (Å²) in [5.74, 6) is 0. The molecule has 1 N–H and O–H groups in total. The predicted octanol–water partition coefficient (Wildman–Crippen LogP) is 4.23. The summed E-state index contributed by atoms with van der Waals surface area (Å²) in [5, 5.41) is 4.95. The molecule has 0 amide bonds. The number of fused-ring (bicyclic) bond motifs is 1. The fourth-order valence-corrected chi connectivity index (χ4v) is 2.80. The van der Waals surface area contributed by atoms with Crippen LogP contribution in [-0.4, -0.2) is 6.54 Å². The van der Waals surface area contributed by atoms with Crippen molar-refractivity contribution in [1.29, 1.82) is 0 Å². The van der Waals surface area contributed by atoms with Crippen LogP contribution in [0.25, 0.3) is 0 Å².